The van der Waals surface area contributed by atoms with E-state index in [1.54, 1.807) is 12.3 Å². The molecule has 2 aromatic rings. The van der Waals surface area contributed by atoms with E-state index in [0.29, 0.717) is 30.6 Å². The molecule has 2 N–H and O–H groups in total. The Morgan fingerprint density at radius 3 is 3.00 bits per heavy atom. The van der Waals surface area contributed by atoms with Gasteiger partial charge in [-0.05, 0) is 28.1 Å². The van der Waals surface area contributed by atoms with Crippen LogP contribution in [0.15, 0.2) is 27.3 Å². The van der Waals surface area contributed by atoms with Crippen LogP contribution < -0.4 is 5.73 Å². The first-order valence-electron chi connectivity index (χ1n) is 5.02. The van der Waals surface area contributed by atoms with Gasteiger partial charge >= 0.3 is 0 Å². The van der Waals surface area contributed by atoms with E-state index < -0.39 is 0 Å². The van der Waals surface area contributed by atoms with Crippen molar-refractivity contribution >= 4 is 15.9 Å². The second-order valence-electron chi connectivity index (χ2n) is 3.21. The fourth-order valence-electron chi connectivity index (χ4n) is 1.17. The van der Waals surface area contributed by atoms with Crippen LogP contribution in [0, 0.1) is 0 Å². The van der Waals surface area contributed by atoms with Crippen LogP contribution in [0.2, 0.25) is 0 Å². The lowest BCUT2D eigenvalue weighted by atomic mass is 10.3. The lowest BCUT2D eigenvalue weighted by Gasteiger charge is -1.95. The Kier molecular flexibility index (Phi) is 4.18. The molecule has 0 saturated carbocycles. The van der Waals surface area contributed by atoms with E-state index in [2.05, 4.69) is 31.1 Å². The van der Waals surface area contributed by atoms with Crippen molar-refractivity contribution in [2.24, 2.45) is 5.73 Å². The third kappa shape index (κ3) is 3.32. The second kappa shape index (κ2) is 5.85. The number of aromatic nitrogens is 3. The normalized spacial score (nSPS) is 10.7. The van der Waals surface area contributed by atoms with Gasteiger partial charge in [0.1, 0.15) is 12.3 Å². The van der Waals surface area contributed by atoms with Crippen LogP contribution in [0.1, 0.15) is 5.89 Å². The minimum atomic E-state index is 0.265. The quantitative estimate of drug-likeness (QED) is 0.839. The molecule has 0 unspecified atom stereocenters. The molecule has 0 fully saturated rings. The van der Waals surface area contributed by atoms with Crippen molar-refractivity contribution in [1.29, 1.82) is 0 Å². The Labute approximate surface area is 106 Å². The van der Waals surface area contributed by atoms with Crippen molar-refractivity contribution in [3.05, 3.63) is 28.7 Å². The fourth-order valence-corrected chi connectivity index (χ4v) is 1.40. The molecule has 2 rings (SSSR count). The molecule has 0 aromatic carbocycles. The Hall–Kier alpha value is -1.31. The minimum Gasteiger partial charge on any atom is -0.370 e. The van der Waals surface area contributed by atoms with Gasteiger partial charge < -0.3 is 15.0 Å². The molecule has 0 atom stereocenters. The maximum absolute atomic E-state index is 5.30. The summed E-state index contributed by atoms with van der Waals surface area (Å²) >= 11 is 3.31. The summed E-state index contributed by atoms with van der Waals surface area (Å²) in [6.07, 6.45) is 1.68. The van der Waals surface area contributed by atoms with Gasteiger partial charge in [-0.3, -0.25) is 4.98 Å². The molecule has 7 heteroatoms. The molecule has 2 aromatic heterocycles. The molecule has 0 spiro atoms. The average Bonchev–Trinajstić information content (AvgIpc) is 2.79. The molecule has 2 heterocycles. The molecule has 0 bridgehead atoms. The van der Waals surface area contributed by atoms with Gasteiger partial charge in [-0.15, -0.1) is 0 Å². The van der Waals surface area contributed by atoms with Gasteiger partial charge in [-0.2, -0.15) is 4.98 Å². The Balaban J connectivity index is 2.04. The Bertz CT molecular complexity index is 471. The molecule has 0 aliphatic heterocycles. The molecule has 17 heavy (non-hydrogen) atoms. The number of hydrogen-bond acceptors (Lipinski definition) is 6. The predicted molar refractivity (Wildman–Crippen MR) is 63.9 cm³/mol. The first-order valence-corrected chi connectivity index (χ1v) is 5.81. The van der Waals surface area contributed by atoms with Crippen LogP contribution in [0.5, 0.6) is 0 Å². The maximum Gasteiger partial charge on any atom is 0.253 e. The smallest absolute Gasteiger partial charge is 0.253 e. The molecular weight excluding hydrogens is 288 g/mol. The first-order chi connectivity index (χ1) is 8.29. The molecule has 0 aliphatic rings. The largest absolute Gasteiger partial charge is 0.370 e. The van der Waals surface area contributed by atoms with Crippen LogP contribution >= 0.6 is 15.9 Å². The van der Waals surface area contributed by atoms with Gasteiger partial charge in [0.25, 0.3) is 5.89 Å². The number of ether oxygens (including phenoxy) is 1. The summed E-state index contributed by atoms with van der Waals surface area (Å²) in [6.45, 7) is 1.20. The zero-order valence-corrected chi connectivity index (χ0v) is 10.6. The predicted octanol–water partition coefficient (Wildman–Crippen LogP) is 1.37. The molecule has 0 saturated heterocycles. The number of hydrogen-bond donors (Lipinski definition) is 1. The van der Waals surface area contributed by atoms with Crippen molar-refractivity contribution in [3.8, 4) is 11.5 Å². The molecule has 0 aliphatic carbocycles. The van der Waals surface area contributed by atoms with Gasteiger partial charge in [0, 0.05) is 17.2 Å². The Morgan fingerprint density at radius 1 is 1.41 bits per heavy atom. The van der Waals surface area contributed by atoms with E-state index in [1.807, 2.05) is 6.07 Å². The monoisotopic (exact) mass is 298 g/mol. The number of halogens is 1. The lowest BCUT2D eigenvalue weighted by molar-refractivity contribution is 0.104. The van der Waals surface area contributed by atoms with E-state index in [4.69, 9.17) is 15.0 Å². The van der Waals surface area contributed by atoms with Gasteiger partial charge in [-0.1, -0.05) is 5.16 Å². The van der Waals surface area contributed by atoms with Gasteiger partial charge in [0.2, 0.25) is 5.82 Å². The highest BCUT2D eigenvalue weighted by Crippen LogP contribution is 2.15. The van der Waals surface area contributed by atoms with E-state index in [0.717, 1.165) is 4.47 Å². The summed E-state index contributed by atoms with van der Waals surface area (Å²) in [7, 11) is 0. The van der Waals surface area contributed by atoms with E-state index in [9.17, 15) is 0 Å². The topological polar surface area (TPSA) is 87.1 Å². The minimum absolute atomic E-state index is 0.265. The summed E-state index contributed by atoms with van der Waals surface area (Å²) in [4.78, 5) is 8.33. The van der Waals surface area contributed by atoms with Crippen molar-refractivity contribution in [3.63, 3.8) is 0 Å². The zero-order valence-electron chi connectivity index (χ0n) is 8.97. The molecule has 90 valence electrons. The summed E-state index contributed by atoms with van der Waals surface area (Å²) < 4.78 is 11.1. The summed E-state index contributed by atoms with van der Waals surface area (Å²) in [5.74, 6) is 0.863. The molecule has 0 radical (unpaired) electrons. The lowest BCUT2D eigenvalue weighted by Crippen LogP contribution is -2.08. The third-order valence-electron chi connectivity index (χ3n) is 1.91. The highest BCUT2D eigenvalue weighted by atomic mass is 79.9. The standard InChI is InChI=1S/C10H11BrN4O2/c11-7-1-2-8(13-5-7)10-14-9(17-15-10)6-16-4-3-12/h1-2,5H,3-4,6,12H2. The maximum atomic E-state index is 5.30. The highest BCUT2D eigenvalue weighted by molar-refractivity contribution is 9.10. The summed E-state index contributed by atoms with van der Waals surface area (Å²) in [6, 6.07) is 3.67. The van der Waals surface area contributed by atoms with Crippen molar-refractivity contribution in [2.75, 3.05) is 13.2 Å². The Morgan fingerprint density at radius 2 is 2.29 bits per heavy atom. The third-order valence-corrected chi connectivity index (χ3v) is 2.38. The molecular formula is C10H11BrN4O2. The van der Waals surface area contributed by atoms with E-state index >= 15 is 0 Å². The number of nitrogens with zero attached hydrogens (tertiary/aromatic N) is 3. The summed E-state index contributed by atoms with van der Waals surface area (Å²) in [5, 5.41) is 3.82. The second-order valence-corrected chi connectivity index (χ2v) is 4.13. The zero-order chi connectivity index (χ0) is 12.1. The van der Waals surface area contributed by atoms with Crippen LogP contribution in [-0.4, -0.2) is 28.3 Å². The average molecular weight is 299 g/mol. The number of pyridine rings is 1. The SMILES string of the molecule is NCCOCc1nc(-c2ccc(Br)cn2)no1. The van der Waals surface area contributed by atoms with E-state index in [1.165, 1.54) is 0 Å². The summed E-state index contributed by atoms with van der Waals surface area (Å²) in [5.41, 5.74) is 5.95. The molecule has 6 nitrogen and oxygen atoms in total. The van der Waals surface area contributed by atoms with Gasteiger partial charge in [-0.25, -0.2) is 0 Å². The first kappa shape index (κ1) is 12.2. The van der Waals surface area contributed by atoms with Crippen molar-refractivity contribution in [2.45, 2.75) is 6.61 Å². The number of rotatable bonds is 5. The van der Waals surface area contributed by atoms with Crippen molar-refractivity contribution in [1.82, 2.24) is 15.1 Å². The van der Waals surface area contributed by atoms with Crippen LogP contribution in [0.3, 0.4) is 0 Å². The highest BCUT2D eigenvalue weighted by Gasteiger charge is 2.09. The van der Waals surface area contributed by atoms with Crippen molar-refractivity contribution < 1.29 is 9.26 Å². The molecule has 0 amide bonds. The van der Waals surface area contributed by atoms with E-state index in [-0.39, 0.29) is 6.61 Å². The van der Waals surface area contributed by atoms with Gasteiger partial charge in [0.05, 0.1) is 6.61 Å². The van der Waals surface area contributed by atoms with Crippen LogP contribution in [0.25, 0.3) is 11.5 Å². The van der Waals surface area contributed by atoms with Crippen LogP contribution in [0.4, 0.5) is 0 Å². The fraction of sp³-hybridized carbons (Fsp3) is 0.300. The number of nitrogens with two attached hydrogens (primary N) is 1. The van der Waals surface area contributed by atoms with Gasteiger partial charge in [0.15, 0.2) is 0 Å². The van der Waals surface area contributed by atoms with Crippen LogP contribution in [-0.2, 0) is 11.3 Å².